The molecule has 124 valence electrons. The first-order valence-corrected chi connectivity index (χ1v) is 8.48. The highest BCUT2D eigenvalue weighted by Crippen LogP contribution is 2.23. The van der Waals surface area contributed by atoms with Crippen molar-refractivity contribution in [3.05, 3.63) is 71.1 Å². The van der Waals surface area contributed by atoms with E-state index >= 15 is 0 Å². The maximum absolute atomic E-state index is 13.0. The summed E-state index contributed by atoms with van der Waals surface area (Å²) in [4.78, 5) is 9.74. The second-order valence-electron chi connectivity index (χ2n) is 5.51. The van der Waals surface area contributed by atoms with Crippen molar-refractivity contribution in [1.29, 1.82) is 0 Å². The van der Waals surface area contributed by atoms with Crippen LogP contribution in [0.2, 0.25) is 0 Å². The van der Waals surface area contributed by atoms with Crippen molar-refractivity contribution in [3.8, 4) is 10.7 Å². The number of rotatable bonds is 6. The number of hydrogen-bond acceptors (Lipinski definition) is 5. The fourth-order valence-corrected chi connectivity index (χ4v) is 3.16. The minimum absolute atomic E-state index is 0.170. The quantitative estimate of drug-likeness (QED) is 0.718. The number of aliphatic hydroxyl groups is 1. The molecule has 0 spiro atoms. The van der Waals surface area contributed by atoms with Crippen LogP contribution in [0.1, 0.15) is 23.5 Å². The summed E-state index contributed by atoms with van der Waals surface area (Å²) >= 11 is 1.57. The number of nitrogens with one attached hydrogen (secondary N) is 1. The third-order valence-electron chi connectivity index (χ3n) is 3.72. The summed E-state index contributed by atoms with van der Waals surface area (Å²) in [6.07, 6.45) is 2.86. The number of aromatic nitrogens is 2. The first-order chi connectivity index (χ1) is 11.6. The topological polar surface area (TPSA) is 58.0 Å². The highest BCUT2D eigenvalue weighted by Gasteiger charge is 2.16. The first-order valence-electron chi connectivity index (χ1n) is 7.66. The van der Waals surface area contributed by atoms with Gasteiger partial charge in [-0.05, 0) is 36.8 Å². The Balaban J connectivity index is 1.59. The standard InChI is InChI=1S/C18H18FN3OS/c1-12(17(23)13-5-7-14(19)8-6-13)21-10-15-11-22-18(24-15)16-4-2-3-9-20-16/h2-9,11-12,17,21,23H,10H2,1H3. The maximum Gasteiger partial charge on any atom is 0.142 e. The molecule has 2 atom stereocenters. The van der Waals surface area contributed by atoms with E-state index in [1.54, 1.807) is 29.7 Å². The van der Waals surface area contributed by atoms with E-state index in [1.807, 2.05) is 31.3 Å². The predicted molar refractivity (Wildman–Crippen MR) is 93.0 cm³/mol. The van der Waals surface area contributed by atoms with E-state index < -0.39 is 6.10 Å². The van der Waals surface area contributed by atoms with Crippen LogP contribution in [0.25, 0.3) is 10.7 Å². The molecule has 4 nitrogen and oxygen atoms in total. The van der Waals surface area contributed by atoms with Crippen molar-refractivity contribution in [1.82, 2.24) is 15.3 Å². The molecule has 2 aromatic heterocycles. The molecule has 3 aromatic rings. The molecular formula is C18H18FN3OS. The molecule has 0 aliphatic rings. The zero-order valence-electron chi connectivity index (χ0n) is 13.2. The van der Waals surface area contributed by atoms with Gasteiger partial charge in [0.2, 0.25) is 0 Å². The van der Waals surface area contributed by atoms with Crippen LogP contribution in [-0.4, -0.2) is 21.1 Å². The summed E-state index contributed by atoms with van der Waals surface area (Å²) in [7, 11) is 0. The third-order valence-corrected chi connectivity index (χ3v) is 4.74. The SMILES string of the molecule is CC(NCc1cnc(-c2ccccn2)s1)C(O)c1ccc(F)cc1. The molecule has 2 N–H and O–H groups in total. The molecule has 24 heavy (non-hydrogen) atoms. The van der Waals surface area contributed by atoms with Gasteiger partial charge >= 0.3 is 0 Å². The van der Waals surface area contributed by atoms with Crippen molar-refractivity contribution in [2.75, 3.05) is 0 Å². The zero-order chi connectivity index (χ0) is 16.9. The lowest BCUT2D eigenvalue weighted by atomic mass is 10.0. The minimum Gasteiger partial charge on any atom is -0.387 e. The van der Waals surface area contributed by atoms with Crippen molar-refractivity contribution in [3.63, 3.8) is 0 Å². The number of hydrogen-bond donors (Lipinski definition) is 2. The molecule has 0 radical (unpaired) electrons. The van der Waals surface area contributed by atoms with Crippen LogP contribution in [-0.2, 0) is 6.54 Å². The van der Waals surface area contributed by atoms with Crippen LogP contribution < -0.4 is 5.32 Å². The Morgan fingerprint density at radius 3 is 2.67 bits per heavy atom. The summed E-state index contributed by atoms with van der Waals surface area (Å²) in [6, 6.07) is 11.5. The second kappa shape index (κ2) is 7.61. The zero-order valence-corrected chi connectivity index (χ0v) is 14.0. The Morgan fingerprint density at radius 2 is 1.96 bits per heavy atom. The summed E-state index contributed by atoms with van der Waals surface area (Å²) in [5.74, 6) is -0.307. The second-order valence-corrected chi connectivity index (χ2v) is 6.63. The van der Waals surface area contributed by atoms with Gasteiger partial charge in [-0.1, -0.05) is 18.2 Å². The van der Waals surface area contributed by atoms with Gasteiger partial charge in [0, 0.05) is 29.9 Å². The summed E-state index contributed by atoms with van der Waals surface area (Å²) < 4.78 is 13.0. The van der Waals surface area contributed by atoms with Crippen LogP contribution in [0.3, 0.4) is 0 Å². The number of benzene rings is 1. The van der Waals surface area contributed by atoms with E-state index in [4.69, 9.17) is 0 Å². The molecule has 2 unspecified atom stereocenters. The van der Waals surface area contributed by atoms with Crippen LogP contribution >= 0.6 is 11.3 Å². The van der Waals surface area contributed by atoms with Crippen molar-refractivity contribution >= 4 is 11.3 Å². The largest absolute Gasteiger partial charge is 0.387 e. The Morgan fingerprint density at radius 1 is 1.17 bits per heavy atom. The Kier molecular flexibility index (Phi) is 5.30. The Bertz CT molecular complexity index is 776. The first kappa shape index (κ1) is 16.7. The molecule has 2 heterocycles. The maximum atomic E-state index is 13.0. The predicted octanol–water partition coefficient (Wildman–Crippen LogP) is 3.56. The average Bonchev–Trinajstić information content (AvgIpc) is 3.09. The number of aliphatic hydroxyl groups excluding tert-OH is 1. The van der Waals surface area contributed by atoms with Gasteiger partial charge in [0.05, 0.1) is 11.8 Å². The Hall–Kier alpha value is -2.15. The van der Waals surface area contributed by atoms with E-state index in [-0.39, 0.29) is 11.9 Å². The van der Waals surface area contributed by atoms with E-state index in [0.717, 1.165) is 15.6 Å². The number of halogens is 1. The molecule has 0 aliphatic heterocycles. The van der Waals surface area contributed by atoms with Crippen LogP contribution in [0.15, 0.2) is 54.9 Å². The molecule has 0 saturated carbocycles. The van der Waals surface area contributed by atoms with E-state index in [2.05, 4.69) is 15.3 Å². The fourth-order valence-electron chi connectivity index (χ4n) is 2.32. The number of thiazole rings is 1. The summed E-state index contributed by atoms with van der Waals surface area (Å²) in [5.41, 5.74) is 1.54. The molecule has 0 aliphatic carbocycles. The van der Waals surface area contributed by atoms with Gasteiger partial charge in [0.25, 0.3) is 0 Å². The summed E-state index contributed by atoms with van der Waals surface area (Å²) in [6.45, 7) is 2.50. The smallest absolute Gasteiger partial charge is 0.142 e. The van der Waals surface area contributed by atoms with Crippen LogP contribution in [0, 0.1) is 5.82 Å². The monoisotopic (exact) mass is 343 g/mol. The fraction of sp³-hybridized carbons (Fsp3) is 0.222. The molecule has 6 heteroatoms. The molecule has 3 rings (SSSR count). The van der Waals surface area contributed by atoms with Crippen molar-refractivity contribution < 1.29 is 9.50 Å². The van der Waals surface area contributed by atoms with E-state index in [1.165, 1.54) is 12.1 Å². The van der Waals surface area contributed by atoms with Crippen LogP contribution in [0.4, 0.5) is 4.39 Å². The van der Waals surface area contributed by atoms with E-state index in [0.29, 0.717) is 12.1 Å². The molecule has 1 aromatic carbocycles. The lowest BCUT2D eigenvalue weighted by Gasteiger charge is -2.20. The van der Waals surface area contributed by atoms with E-state index in [9.17, 15) is 9.50 Å². The van der Waals surface area contributed by atoms with Gasteiger partial charge < -0.3 is 10.4 Å². The highest BCUT2D eigenvalue weighted by molar-refractivity contribution is 7.14. The molecule has 0 saturated heterocycles. The molecule has 0 amide bonds. The Labute approximate surface area is 144 Å². The third kappa shape index (κ3) is 4.03. The minimum atomic E-state index is -0.700. The van der Waals surface area contributed by atoms with Gasteiger partial charge in [-0.2, -0.15) is 0 Å². The molecule has 0 bridgehead atoms. The van der Waals surface area contributed by atoms with Gasteiger partial charge in [0.15, 0.2) is 0 Å². The van der Waals surface area contributed by atoms with Gasteiger partial charge in [0.1, 0.15) is 10.8 Å². The number of pyridine rings is 1. The van der Waals surface area contributed by atoms with Crippen LogP contribution in [0.5, 0.6) is 0 Å². The van der Waals surface area contributed by atoms with Crippen molar-refractivity contribution in [2.45, 2.75) is 25.6 Å². The highest BCUT2D eigenvalue weighted by atomic mass is 32.1. The summed E-state index contributed by atoms with van der Waals surface area (Å²) in [5, 5.41) is 14.5. The van der Waals surface area contributed by atoms with Gasteiger partial charge in [-0.3, -0.25) is 4.98 Å². The molecule has 0 fully saturated rings. The lowest BCUT2D eigenvalue weighted by molar-refractivity contribution is 0.135. The normalized spacial score (nSPS) is 13.6. The molecular weight excluding hydrogens is 325 g/mol. The van der Waals surface area contributed by atoms with Gasteiger partial charge in [-0.15, -0.1) is 11.3 Å². The number of nitrogens with zero attached hydrogens (tertiary/aromatic N) is 2. The van der Waals surface area contributed by atoms with Gasteiger partial charge in [-0.25, -0.2) is 9.37 Å². The lowest BCUT2D eigenvalue weighted by Crippen LogP contribution is -2.31. The van der Waals surface area contributed by atoms with Crippen molar-refractivity contribution in [2.24, 2.45) is 0 Å². The average molecular weight is 343 g/mol.